The Morgan fingerprint density at radius 1 is 1.24 bits per heavy atom. The van der Waals surface area contributed by atoms with Crippen LogP contribution in [0.1, 0.15) is 38.4 Å². The van der Waals surface area contributed by atoms with Crippen LogP contribution < -0.4 is 4.74 Å². The molecule has 0 heterocycles. The third-order valence-corrected chi connectivity index (χ3v) is 2.58. The maximum Gasteiger partial charge on any atom is 0.344 e. The number of carbonyl (C=O) groups is 1. The van der Waals surface area contributed by atoms with Gasteiger partial charge in [0.2, 0.25) is 0 Å². The quantitative estimate of drug-likeness (QED) is 0.798. The summed E-state index contributed by atoms with van der Waals surface area (Å²) in [6.07, 6.45) is -0.246. The average molecular weight is 238 g/mol. The van der Waals surface area contributed by atoms with Gasteiger partial charge in [-0.2, -0.15) is 0 Å². The Labute approximate surface area is 101 Å². The van der Waals surface area contributed by atoms with Crippen LogP contribution in [0.5, 0.6) is 5.75 Å². The standard InChI is InChI=1S/C13H18O4/c1-3-11(14)9-5-7-10(8-6-9)17-12(4-2)13(15)16/h5-8,11-12,14H,3-4H2,1-2H3,(H,15,16). The number of ether oxygens (including phenoxy) is 1. The maximum absolute atomic E-state index is 10.8. The highest BCUT2D eigenvalue weighted by molar-refractivity contribution is 5.72. The number of benzene rings is 1. The van der Waals surface area contributed by atoms with Gasteiger partial charge in [0, 0.05) is 0 Å². The van der Waals surface area contributed by atoms with Crippen LogP contribution in [0.15, 0.2) is 24.3 Å². The number of rotatable bonds is 6. The van der Waals surface area contributed by atoms with Gasteiger partial charge in [0.05, 0.1) is 6.10 Å². The lowest BCUT2D eigenvalue weighted by Gasteiger charge is -2.14. The average Bonchev–Trinajstić information content (AvgIpc) is 2.35. The van der Waals surface area contributed by atoms with Crippen molar-refractivity contribution in [3.8, 4) is 5.75 Å². The van der Waals surface area contributed by atoms with Crippen LogP contribution in [-0.2, 0) is 4.79 Å². The number of carboxylic acids is 1. The number of aliphatic hydroxyl groups is 1. The second-order valence-electron chi connectivity index (χ2n) is 3.85. The van der Waals surface area contributed by atoms with Crippen LogP contribution in [0, 0.1) is 0 Å². The van der Waals surface area contributed by atoms with E-state index >= 15 is 0 Å². The summed E-state index contributed by atoms with van der Waals surface area (Å²) in [4.78, 5) is 10.8. The maximum atomic E-state index is 10.8. The van der Waals surface area contributed by atoms with Crippen LogP contribution in [0.3, 0.4) is 0 Å². The molecular formula is C13H18O4. The highest BCUT2D eigenvalue weighted by atomic mass is 16.5. The van der Waals surface area contributed by atoms with Gasteiger partial charge in [-0.15, -0.1) is 0 Å². The highest BCUT2D eigenvalue weighted by Crippen LogP contribution is 2.20. The van der Waals surface area contributed by atoms with Gasteiger partial charge in [-0.1, -0.05) is 26.0 Å². The van der Waals surface area contributed by atoms with E-state index in [-0.39, 0.29) is 0 Å². The topological polar surface area (TPSA) is 66.8 Å². The van der Waals surface area contributed by atoms with E-state index in [0.717, 1.165) is 5.56 Å². The number of aliphatic hydroxyl groups excluding tert-OH is 1. The Morgan fingerprint density at radius 3 is 2.24 bits per heavy atom. The summed E-state index contributed by atoms with van der Waals surface area (Å²) in [5.74, 6) is -0.462. The van der Waals surface area contributed by atoms with Crippen LogP contribution in [0.25, 0.3) is 0 Å². The van der Waals surface area contributed by atoms with Gasteiger partial charge in [0.25, 0.3) is 0 Å². The van der Waals surface area contributed by atoms with E-state index in [1.54, 1.807) is 31.2 Å². The minimum Gasteiger partial charge on any atom is -0.479 e. The van der Waals surface area contributed by atoms with E-state index in [9.17, 15) is 9.90 Å². The van der Waals surface area contributed by atoms with Gasteiger partial charge in [0.15, 0.2) is 6.10 Å². The van der Waals surface area contributed by atoms with Gasteiger partial charge in [-0.3, -0.25) is 0 Å². The van der Waals surface area contributed by atoms with E-state index < -0.39 is 18.2 Å². The highest BCUT2D eigenvalue weighted by Gasteiger charge is 2.16. The van der Waals surface area contributed by atoms with E-state index in [4.69, 9.17) is 9.84 Å². The predicted octanol–water partition coefficient (Wildman–Crippen LogP) is 2.37. The van der Waals surface area contributed by atoms with Crippen molar-refractivity contribution in [3.05, 3.63) is 29.8 Å². The van der Waals surface area contributed by atoms with Gasteiger partial charge in [-0.05, 0) is 30.5 Å². The van der Waals surface area contributed by atoms with Crippen molar-refractivity contribution in [3.63, 3.8) is 0 Å². The number of carboxylic acid groups (broad SMARTS) is 1. The van der Waals surface area contributed by atoms with Crippen molar-refractivity contribution in [1.82, 2.24) is 0 Å². The summed E-state index contributed by atoms with van der Waals surface area (Å²) in [5.41, 5.74) is 0.809. The molecule has 4 nitrogen and oxygen atoms in total. The van der Waals surface area contributed by atoms with Crippen LogP contribution >= 0.6 is 0 Å². The molecule has 0 aliphatic carbocycles. The minimum absolute atomic E-state index is 0.411. The molecule has 1 rings (SSSR count). The second-order valence-corrected chi connectivity index (χ2v) is 3.85. The van der Waals surface area contributed by atoms with Gasteiger partial charge in [0.1, 0.15) is 5.75 Å². The summed E-state index contributed by atoms with van der Waals surface area (Å²) >= 11 is 0. The van der Waals surface area contributed by atoms with Crippen LogP contribution in [0.4, 0.5) is 0 Å². The molecule has 0 fully saturated rings. The van der Waals surface area contributed by atoms with Crippen molar-refractivity contribution in [1.29, 1.82) is 0 Å². The minimum atomic E-state index is -0.967. The van der Waals surface area contributed by atoms with E-state index in [2.05, 4.69) is 0 Å². The van der Waals surface area contributed by atoms with Crippen molar-refractivity contribution >= 4 is 5.97 Å². The van der Waals surface area contributed by atoms with Gasteiger partial charge < -0.3 is 14.9 Å². The molecule has 0 bridgehead atoms. The summed E-state index contributed by atoms with van der Waals surface area (Å²) in [5, 5.41) is 18.5. The Balaban J connectivity index is 2.71. The fraction of sp³-hybridized carbons (Fsp3) is 0.462. The molecular weight excluding hydrogens is 220 g/mol. The molecule has 0 aliphatic rings. The molecule has 0 amide bonds. The molecule has 1 aromatic carbocycles. The van der Waals surface area contributed by atoms with Gasteiger partial charge in [-0.25, -0.2) is 4.79 Å². The number of hydrogen-bond acceptors (Lipinski definition) is 3. The van der Waals surface area contributed by atoms with E-state index in [0.29, 0.717) is 18.6 Å². The van der Waals surface area contributed by atoms with Crippen LogP contribution in [-0.4, -0.2) is 22.3 Å². The Hall–Kier alpha value is -1.55. The smallest absolute Gasteiger partial charge is 0.344 e. The third-order valence-electron chi connectivity index (χ3n) is 2.58. The Bertz CT molecular complexity index is 358. The van der Waals surface area contributed by atoms with E-state index in [1.165, 1.54) is 0 Å². The van der Waals surface area contributed by atoms with Crippen molar-refractivity contribution < 1.29 is 19.7 Å². The van der Waals surface area contributed by atoms with E-state index in [1.807, 2.05) is 6.92 Å². The second kappa shape index (κ2) is 6.25. The lowest BCUT2D eigenvalue weighted by Crippen LogP contribution is -2.25. The largest absolute Gasteiger partial charge is 0.479 e. The monoisotopic (exact) mass is 238 g/mol. The number of hydrogen-bond donors (Lipinski definition) is 2. The predicted molar refractivity (Wildman–Crippen MR) is 64.0 cm³/mol. The summed E-state index contributed by atoms with van der Waals surface area (Å²) in [6.45, 7) is 3.65. The molecule has 0 saturated carbocycles. The number of aliphatic carboxylic acids is 1. The zero-order valence-electron chi connectivity index (χ0n) is 10.1. The van der Waals surface area contributed by atoms with Crippen molar-refractivity contribution in [2.24, 2.45) is 0 Å². The fourth-order valence-corrected chi connectivity index (χ4v) is 1.48. The van der Waals surface area contributed by atoms with Crippen LogP contribution in [0.2, 0.25) is 0 Å². The molecule has 94 valence electrons. The van der Waals surface area contributed by atoms with Crippen molar-refractivity contribution in [2.45, 2.75) is 38.9 Å². The zero-order valence-corrected chi connectivity index (χ0v) is 10.1. The molecule has 1 aromatic rings. The molecule has 17 heavy (non-hydrogen) atoms. The van der Waals surface area contributed by atoms with Gasteiger partial charge >= 0.3 is 5.97 Å². The Morgan fingerprint density at radius 2 is 1.82 bits per heavy atom. The zero-order chi connectivity index (χ0) is 12.8. The summed E-state index contributed by atoms with van der Waals surface area (Å²) < 4.78 is 5.31. The first-order valence-electron chi connectivity index (χ1n) is 5.76. The molecule has 4 heteroatoms. The first-order chi connectivity index (χ1) is 8.08. The lowest BCUT2D eigenvalue weighted by molar-refractivity contribution is -0.145. The molecule has 0 spiro atoms. The normalized spacial score (nSPS) is 14.1. The van der Waals surface area contributed by atoms with Crippen molar-refractivity contribution in [2.75, 3.05) is 0 Å². The third kappa shape index (κ3) is 3.75. The first-order valence-corrected chi connectivity index (χ1v) is 5.76. The fourth-order valence-electron chi connectivity index (χ4n) is 1.48. The Kier molecular flexibility index (Phi) is 4.97. The molecule has 0 radical (unpaired) electrons. The summed E-state index contributed by atoms with van der Waals surface area (Å²) in [6, 6.07) is 6.86. The lowest BCUT2D eigenvalue weighted by atomic mass is 10.1. The molecule has 2 unspecified atom stereocenters. The SMILES string of the molecule is CCC(Oc1ccc(C(O)CC)cc1)C(=O)O. The summed E-state index contributed by atoms with van der Waals surface area (Å²) in [7, 11) is 0. The molecule has 0 aliphatic heterocycles. The first kappa shape index (κ1) is 13.5. The molecule has 0 saturated heterocycles. The molecule has 2 atom stereocenters. The molecule has 0 aromatic heterocycles. The molecule has 2 N–H and O–H groups in total.